The second-order valence-electron chi connectivity index (χ2n) is 6.41. The van der Waals surface area contributed by atoms with E-state index >= 15 is 0 Å². The topological polar surface area (TPSA) is 32.3 Å². The number of carbonyl (C=O) groups is 1. The van der Waals surface area contributed by atoms with Gasteiger partial charge < -0.3 is 5.32 Å². The third kappa shape index (κ3) is 4.01. The maximum Gasteiger partial charge on any atom is 0.224 e. The maximum absolute atomic E-state index is 13.6. The standard InChI is InChI=1S/C20H23FN2O/c1-15(23-11-10-16-6-2-3-8-18(16)14-23)13-22-20(24)12-17-7-4-5-9-19(17)21/h2-9,15H,10-14H2,1H3,(H,22,24). The highest BCUT2D eigenvalue weighted by Crippen LogP contribution is 2.20. The van der Waals surface area contributed by atoms with Crippen LogP contribution in [-0.2, 0) is 24.2 Å². The highest BCUT2D eigenvalue weighted by molar-refractivity contribution is 5.78. The van der Waals surface area contributed by atoms with E-state index in [4.69, 9.17) is 0 Å². The number of hydrogen-bond donors (Lipinski definition) is 1. The molecule has 2 aromatic rings. The minimum absolute atomic E-state index is 0.0855. The first-order valence-corrected chi connectivity index (χ1v) is 8.44. The summed E-state index contributed by atoms with van der Waals surface area (Å²) < 4.78 is 13.6. The van der Waals surface area contributed by atoms with Gasteiger partial charge in [0.25, 0.3) is 0 Å². The zero-order valence-corrected chi connectivity index (χ0v) is 14.0. The van der Waals surface area contributed by atoms with Crippen molar-refractivity contribution in [2.24, 2.45) is 0 Å². The summed E-state index contributed by atoms with van der Waals surface area (Å²) >= 11 is 0. The van der Waals surface area contributed by atoms with Gasteiger partial charge in [0.1, 0.15) is 5.82 Å². The number of amides is 1. The molecule has 1 atom stereocenters. The summed E-state index contributed by atoms with van der Waals surface area (Å²) in [4.78, 5) is 14.4. The number of hydrogen-bond acceptors (Lipinski definition) is 2. The Bertz CT molecular complexity index is 716. The first kappa shape index (κ1) is 16.7. The quantitative estimate of drug-likeness (QED) is 0.916. The van der Waals surface area contributed by atoms with Gasteiger partial charge in [-0.2, -0.15) is 0 Å². The van der Waals surface area contributed by atoms with Gasteiger partial charge in [0.15, 0.2) is 0 Å². The van der Waals surface area contributed by atoms with Gasteiger partial charge in [0, 0.05) is 25.7 Å². The van der Waals surface area contributed by atoms with E-state index in [1.54, 1.807) is 18.2 Å². The molecule has 0 aliphatic carbocycles. The Morgan fingerprint density at radius 3 is 2.67 bits per heavy atom. The lowest BCUT2D eigenvalue weighted by molar-refractivity contribution is -0.120. The van der Waals surface area contributed by atoms with Crippen molar-refractivity contribution in [2.75, 3.05) is 13.1 Å². The number of benzene rings is 2. The summed E-state index contributed by atoms with van der Waals surface area (Å²) in [7, 11) is 0. The Hall–Kier alpha value is -2.20. The van der Waals surface area contributed by atoms with Crippen LogP contribution in [0.2, 0.25) is 0 Å². The van der Waals surface area contributed by atoms with Crippen LogP contribution >= 0.6 is 0 Å². The summed E-state index contributed by atoms with van der Waals surface area (Å²) in [6, 6.07) is 15.2. The third-order valence-corrected chi connectivity index (χ3v) is 4.69. The highest BCUT2D eigenvalue weighted by atomic mass is 19.1. The van der Waals surface area contributed by atoms with Gasteiger partial charge in [0.05, 0.1) is 6.42 Å². The molecule has 1 heterocycles. The number of fused-ring (bicyclic) bond motifs is 1. The molecule has 0 aromatic heterocycles. The normalized spacial score (nSPS) is 15.6. The molecular weight excluding hydrogens is 303 g/mol. The van der Waals surface area contributed by atoms with Crippen molar-refractivity contribution in [3.05, 3.63) is 71.0 Å². The Morgan fingerprint density at radius 1 is 1.17 bits per heavy atom. The number of halogens is 1. The first-order valence-electron chi connectivity index (χ1n) is 8.44. The van der Waals surface area contributed by atoms with E-state index in [2.05, 4.69) is 41.4 Å². The van der Waals surface area contributed by atoms with E-state index in [-0.39, 0.29) is 24.2 Å². The molecule has 0 saturated heterocycles. The van der Waals surface area contributed by atoms with E-state index in [1.807, 2.05) is 0 Å². The number of rotatable bonds is 5. The van der Waals surface area contributed by atoms with Gasteiger partial charge in [-0.05, 0) is 36.1 Å². The summed E-state index contributed by atoms with van der Waals surface area (Å²) in [6.07, 6.45) is 1.13. The highest BCUT2D eigenvalue weighted by Gasteiger charge is 2.20. The first-order chi connectivity index (χ1) is 11.6. The minimum atomic E-state index is -0.326. The molecule has 0 spiro atoms. The van der Waals surface area contributed by atoms with Crippen LogP contribution < -0.4 is 5.32 Å². The Morgan fingerprint density at radius 2 is 1.88 bits per heavy atom. The summed E-state index contributed by atoms with van der Waals surface area (Å²) in [5.74, 6) is -0.460. The molecule has 4 heteroatoms. The molecular formula is C20H23FN2O. The van der Waals surface area contributed by atoms with Crippen LogP contribution in [0.4, 0.5) is 4.39 Å². The average Bonchev–Trinajstić information content (AvgIpc) is 2.61. The fourth-order valence-electron chi connectivity index (χ4n) is 3.16. The van der Waals surface area contributed by atoms with E-state index in [0.717, 1.165) is 19.5 Å². The third-order valence-electron chi connectivity index (χ3n) is 4.69. The van der Waals surface area contributed by atoms with Crippen LogP contribution in [0, 0.1) is 5.82 Å². The van der Waals surface area contributed by atoms with Crippen LogP contribution in [0.1, 0.15) is 23.6 Å². The molecule has 0 radical (unpaired) electrons. The van der Waals surface area contributed by atoms with Crippen molar-refractivity contribution < 1.29 is 9.18 Å². The lowest BCUT2D eigenvalue weighted by atomic mass is 9.99. The van der Waals surface area contributed by atoms with E-state index in [9.17, 15) is 9.18 Å². The summed E-state index contributed by atoms with van der Waals surface area (Å²) in [5.41, 5.74) is 3.23. The van der Waals surface area contributed by atoms with Crippen molar-refractivity contribution in [1.29, 1.82) is 0 Å². The lowest BCUT2D eigenvalue weighted by Crippen LogP contribution is -2.44. The molecule has 3 nitrogen and oxygen atoms in total. The predicted molar refractivity (Wildman–Crippen MR) is 93.1 cm³/mol. The molecule has 3 rings (SSSR count). The molecule has 1 unspecified atom stereocenters. The van der Waals surface area contributed by atoms with Crippen LogP contribution in [0.5, 0.6) is 0 Å². The van der Waals surface area contributed by atoms with E-state index in [0.29, 0.717) is 12.1 Å². The van der Waals surface area contributed by atoms with Crippen LogP contribution in [0.15, 0.2) is 48.5 Å². The second kappa shape index (κ2) is 7.58. The number of carbonyl (C=O) groups excluding carboxylic acids is 1. The van der Waals surface area contributed by atoms with Gasteiger partial charge in [0.2, 0.25) is 5.91 Å². The van der Waals surface area contributed by atoms with E-state index in [1.165, 1.54) is 17.2 Å². The molecule has 1 aliphatic heterocycles. The maximum atomic E-state index is 13.6. The summed E-state index contributed by atoms with van der Waals surface area (Å²) in [6.45, 7) is 4.62. The molecule has 1 aliphatic rings. The van der Waals surface area contributed by atoms with Crippen molar-refractivity contribution in [3.8, 4) is 0 Å². The number of nitrogens with one attached hydrogen (secondary N) is 1. The largest absolute Gasteiger partial charge is 0.354 e. The van der Waals surface area contributed by atoms with Gasteiger partial charge >= 0.3 is 0 Å². The Kier molecular flexibility index (Phi) is 5.26. The fourth-order valence-corrected chi connectivity index (χ4v) is 3.16. The van der Waals surface area contributed by atoms with Gasteiger partial charge in [-0.25, -0.2) is 4.39 Å². The second-order valence-corrected chi connectivity index (χ2v) is 6.41. The molecule has 0 fully saturated rings. The molecule has 1 amide bonds. The van der Waals surface area contributed by atoms with Gasteiger partial charge in [-0.1, -0.05) is 42.5 Å². The molecule has 126 valence electrons. The van der Waals surface area contributed by atoms with Crippen LogP contribution in [-0.4, -0.2) is 29.9 Å². The van der Waals surface area contributed by atoms with Crippen molar-refractivity contribution in [2.45, 2.75) is 32.4 Å². The van der Waals surface area contributed by atoms with Gasteiger partial charge in [-0.15, -0.1) is 0 Å². The van der Waals surface area contributed by atoms with Gasteiger partial charge in [-0.3, -0.25) is 9.69 Å². The number of nitrogens with zero attached hydrogens (tertiary/aromatic N) is 1. The zero-order valence-electron chi connectivity index (χ0n) is 14.0. The molecule has 0 saturated carbocycles. The van der Waals surface area contributed by atoms with Crippen molar-refractivity contribution >= 4 is 5.91 Å². The SMILES string of the molecule is CC(CNC(=O)Cc1ccccc1F)N1CCc2ccccc2C1. The predicted octanol–water partition coefficient (Wildman–Crippen LogP) is 2.93. The zero-order chi connectivity index (χ0) is 16.9. The van der Waals surface area contributed by atoms with Crippen LogP contribution in [0.3, 0.4) is 0 Å². The molecule has 24 heavy (non-hydrogen) atoms. The summed E-state index contributed by atoms with van der Waals surface area (Å²) in [5, 5.41) is 2.93. The van der Waals surface area contributed by atoms with Crippen molar-refractivity contribution in [1.82, 2.24) is 10.2 Å². The van der Waals surface area contributed by atoms with E-state index < -0.39 is 0 Å². The lowest BCUT2D eigenvalue weighted by Gasteiger charge is -2.33. The average molecular weight is 326 g/mol. The minimum Gasteiger partial charge on any atom is -0.354 e. The Balaban J connectivity index is 1.50. The van der Waals surface area contributed by atoms with Crippen molar-refractivity contribution in [3.63, 3.8) is 0 Å². The van der Waals surface area contributed by atoms with Crippen LogP contribution in [0.25, 0.3) is 0 Å². The fraction of sp³-hybridized carbons (Fsp3) is 0.350. The molecule has 1 N–H and O–H groups in total. The molecule has 2 aromatic carbocycles. The Labute approximate surface area is 142 Å². The monoisotopic (exact) mass is 326 g/mol. The smallest absolute Gasteiger partial charge is 0.224 e. The molecule has 0 bridgehead atoms.